The van der Waals surface area contributed by atoms with Crippen LogP contribution in [0.15, 0.2) is 47.4 Å². The Balaban J connectivity index is 1.47. The van der Waals surface area contributed by atoms with Gasteiger partial charge in [-0.2, -0.15) is 4.31 Å². The van der Waals surface area contributed by atoms with Gasteiger partial charge in [0.2, 0.25) is 21.8 Å². The summed E-state index contributed by atoms with van der Waals surface area (Å²) in [4.78, 5) is 26.6. The van der Waals surface area contributed by atoms with Crippen LogP contribution in [0, 0.1) is 20.8 Å². The van der Waals surface area contributed by atoms with Crippen LogP contribution in [0.2, 0.25) is 0 Å². The molecule has 0 aromatic heterocycles. The van der Waals surface area contributed by atoms with Crippen LogP contribution in [0.1, 0.15) is 35.1 Å². The molecule has 1 aliphatic heterocycles. The number of nitrogens with one attached hydrogen (secondary N) is 1. The lowest BCUT2D eigenvalue weighted by Crippen LogP contribution is -2.50. The molecule has 0 saturated carbocycles. The molecule has 1 fully saturated rings. The highest BCUT2D eigenvalue weighted by Crippen LogP contribution is 2.22. The van der Waals surface area contributed by atoms with Crippen LogP contribution in [-0.2, 0) is 26.2 Å². The number of carbonyl (C=O) groups is 2. The van der Waals surface area contributed by atoms with Crippen LogP contribution < -0.4 is 5.32 Å². The smallest absolute Gasteiger partial charge is 0.243 e. The van der Waals surface area contributed by atoms with Crippen LogP contribution >= 0.6 is 0 Å². The van der Waals surface area contributed by atoms with E-state index in [2.05, 4.69) is 5.32 Å². The van der Waals surface area contributed by atoms with Crippen molar-refractivity contribution in [3.8, 4) is 0 Å². The van der Waals surface area contributed by atoms with Crippen molar-refractivity contribution >= 4 is 21.8 Å². The van der Waals surface area contributed by atoms with Crippen molar-refractivity contribution < 1.29 is 18.0 Å². The average Bonchev–Trinajstić information content (AvgIpc) is 2.78. The Hall–Kier alpha value is -2.71. The second kappa shape index (κ2) is 10.3. The molecule has 0 bridgehead atoms. The summed E-state index contributed by atoms with van der Waals surface area (Å²) in [6.07, 6.45) is 0.231. The number of hydrogen-bond donors (Lipinski definition) is 1. The second-order valence-corrected chi connectivity index (χ2v) is 10.2. The van der Waals surface area contributed by atoms with Crippen LogP contribution in [0.3, 0.4) is 0 Å². The number of sulfonamides is 1. The number of aryl methyl sites for hydroxylation is 3. The van der Waals surface area contributed by atoms with Crippen LogP contribution in [0.25, 0.3) is 0 Å². The van der Waals surface area contributed by atoms with E-state index in [0.717, 1.165) is 16.7 Å². The zero-order valence-corrected chi connectivity index (χ0v) is 19.7. The summed E-state index contributed by atoms with van der Waals surface area (Å²) in [7, 11) is -3.60. The minimum Gasteiger partial charge on any atom is -0.352 e. The fourth-order valence-corrected chi connectivity index (χ4v) is 5.50. The molecule has 3 rings (SSSR count). The van der Waals surface area contributed by atoms with Crippen molar-refractivity contribution in [2.24, 2.45) is 0 Å². The Bertz CT molecular complexity index is 1090. The lowest BCUT2D eigenvalue weighted by Gasteiger charge is -2.34. The highest BCUT2D eigenvalue weighted by molar-refractivity contribution is 7.89. The molecule has 2 amide bonds. The number of piperazine rings is 1. The van der Waals surface area contributed by atoms with E-state index in [1.165, 1.54) is 4.31 Å². The summed E-state index contributed by atoms with van der Waals surface area (Å²) in [5.74, 6) is -0.294. The highest BCUT2D eigenvalue weighted by Gasteiger charge is 2.31. The van der Waals surface area contributed by atoms with Crippen molar-refractivity contribution in [2.45, 2.75) is 45.1 Å². The van der Waals surface area contributed by atoms with Crippen LogP contribution in [0.4, 0.5) is 0 Å². The maximum absolute atomic E-state index is 13.0. The topological polar surface area (TPSA) is 86.8 Å². The fraction of sp³-hybridized carbons (Fsp3) is 0.417. The van der Waals surface area contributed by atoms with E-state index in [9.17, 15) is 18.0 Å². The Kier molecular flexibility index (Phi) is 7.69. The molecule has 1 aliphatic rings. The lowest BCUT2D eigenvalue weighted by atomic mass is 10.1. The van der Waals surface area contributed by atoms with Crippen molar-refractivity contribution in [3.63, 3.8) is 0 Å². The van der Waals surface area contributed by atoms with Crippen LogP contribution in [0.5, 0.6) is 0 Å². The summed E-state index contributed by atoms with van der Waals surface area (Å²) in [5, 5.41) is 2.86. The van der Waals surface area contributed by atoms with Crippen LogP contribution in [-0.4, -0.2) is 55.6 Å². The lowest BCUT2D eigenvalue weighted by molar-refractivity contribution is -0.134. The molecule has 0 aliphatic carbocycles. The Morgan fingerprint density at radius 1 is 0.906 bits per heavy atom. The van der Waals surface area contributed by atoms with E-state index in [1.54, 1.807) is 17.9 Å². The third kappa shape index (κ3) is 5.75. The minimum absolute atomic E-state index is 0.114. The minimum atomic E-state index is -3.60. The van der Waals surface area contributed by atoms with Gasteiger partial charge < -0.3 is 10.2 Å². The first-order valence-corrected chi connectivity index (χ1v) is 12.3. The molecule has 172 valence electrons. The third-order valence-electron chi connectivity index (χ3n) is 5.86. The molecule has 7 nitrogen and oxygen atoms in total. The van der Waals surface area contributed by atoms with Gasteiger partial charge in [0.15, 0.2) is 0 Å². The molecule has 1 heterocycles. The number of nitrogens with zero attached hydrogens (tertiary/aromatic N) is 2. The molecule has 0 unspecified atom stereocenters. The first kappa shape index (κ1) is 23.9. The van der Waals surface area contributed by atoms with E-state index in [-0.39, 0.29) is 37.7 Å². The number of benzene rings is 2. The van der Waals surface area contributed by atoms with Gasteiger partial charge in [-0.1, -0.05) is 36.4 Å². The molecule has 0 atom stereocenters. The Labute approximate surface area is 190 Å². The van der Waals surface area contributed by atoms with Crippen molar-refractivity contribution in [1.29, 1.82) is 0 Å². The summed E-state index contributed by atoms with van der Waals surface area (Å²) in [5.41, 5.74) is 3.76. The van der Waals surface area contributed by atoms with Gasteiger partial charge in [0.25, 0.3) is 0 Å². The number of carbonyl (C=O) groups excluding carboxylic acids is 2. The standard InChI is InChI=1S/C24H31N3O4S/c1-18-8-9-20(3)22(16-18)32(30,31)27-14-12-26(13-15-27)24(29)11-10-23(28)25-17-21-7-5-4-6-19(21)2/h4-9,16H,10-15,17H2,1-3H3,(H,25,28). The van der Waals surface area contributed by atoms with E-state index < -0.39 is 10.0 Å². The molecule has 32 heavy (non-hydrogen) atoms. The normalized spacial score (nSPS) is 14.9. The molecule has 8 heteroatoms. The monoisotopic (exact) mass is 457 g/mol. The summed E-state index contributed by atoms with van der Waals surface area (Å²) in [6, 6.07) is 13.2. The maximum atomic E-state index is 13.0. The van der Waals surface area contributed by atoms with Crippen molar-refractivity contribution in [3.05, 3.63) is 64.7 Å². The molecule has 2 aromatic carbocycles. The van der Waals surface area contributed by atoms with Gasteiger partial charge >= 0.3 is 0 Å². The predicted molar refractivity (Wildman–Crippen MR) is 124 cm³/mol. The molecular formula is C24H31N3O4S. The van der Waals surface area contributed by atoms with E-state index in [1.807, 2.05) is 50.2 Å². The van der Waals surface area contributed by atoms with Gasteiger partial charge in [0.1, 0.15) is 0 Å². The Morgan fingerprint density at radius 2 is 1.59 bits per heavy atom. The maximum Gasteiger partial charge on any atom is 0.243 e. The third-order valence-corrected chi connectivity index (χ3v) is 7.90. The van der Waals surface area contributed by atoms with Gasteiger partial charge in [-0.3, -0.25) is 9.59 Å². The summed E-state index contributed by atoms with van der Waals surface area (Å²) < 4.78 is 27.5. The highest BCUT2D eigenvalue weighted by atomic mass is 32.2. The molecule has 0 spiro atoms. The van der Waals surface area contributed by atoms with E-state index in [4.69, 9.17) is 0 Å². The van der Waals surface area contributed by atoms with Gasteiger partial charge in [-0.05, 0) is 49.1 Å². The molecule has 1 N–H and O–H groups in total. The second-order valence-electron chi connectivity index (χ2n) is 8.26. The number of amides is 2. The molecule has 1 saturated heterocycles. The van der Waals surface area contributed by atoms with Gasteiger partial charge in [-0.15, -0.1) is 0 Å². The van der Waals surface area contributed by atoms with Crippen molar-refractivity contribution in [1.82, 2.24) is 14.5 Å². The number of hydrogen-bond acceptors (Lipinski definition) is 4. The zero-order chi connectivity index (χ0) is 23.3. The largest absolute Gasteiger partial charge is 0.352 e. The van der Waals surface area contributed by atoms with Gasteiger partial charge in [0, 0.05) is 45.6 Å². The molecule has 0 radical (unpaired) electrons. The van der Waals surface area contributed by atoms with Gasteiger partial charge in [-0.25, -0.2) is 8.42 Å². The van der Waals surface area contributed by atoms with E-state index >= 15 is 0 Å². The van der Waals surface area contributed by atoms with Crippen molar-refractivity contribution in [2.75, 3.05) is 26.2 Å². The van der Waals surface area contributed by atoms with E-state index in [0.29, 0.717) is 30.1 Å². The fourth-order valence-electron chi connectivity index (χ4n) is 3.77. The summed E-state index contributed by atoms with van der Waals surface area (Å²) in [6.45, 7) is 7.24. The Morgan fingerprint density at radius 3 is 2.28 bits per heavy atom. The molecule has 2 aromatic rings. The quantitative estimate of drug-likeness (QED) is 0.692. The zero-order valence-electron chi connectivity index (χ0n) is 18.9. The first-order valence-electron chi connectivity index (χ1n) is 10.8. The predicted octanol–water partition coefficient (Wildman–Crippen LogP) is 2.54. The average molecular weight is 458 g/mol. The first-order chi connectivity index (χ1) is 15.2. The number of rotatable bonds is 7. The SMILES string of the molecule is Cc1ccc(C)c(S(=O)(=O)N2CCN(C(=O)CCC(=O)NCc3ccccc3C)CC2)c1. The molecular weight excluding hydrogens is 426 g/mol. The van der Waals surface area contributed by atoms with Gasteiger partial charge in [0.05, 0.1) is 4.90 Å². The summed E-state index contributed by atoms with van der Waals surface area (Å²) >= 11 is 0.